The second kappa shape index (κ2) is 6.25. The zero-order valence-electron chi connectivity index (χ0n) is 11.9. The fraction of sp³-hybridized carbons (Fsp3) is 0.786. The monoisotopic (exact) mass is 285 g/mol. The van der Waals surface area contributed by atoms with Crippen LogP contribution in [0.15, 0.2) is 0 Å². The Hall–Kier alpha value is -0.580. The van der Waals surface area contributed by atoms with Crippen molar-refractivity contribution in [2.75, 3.05) is 6.54 Å². The van der Waals surface area contributed by atoms with Crippen molar-refractivity contribution in [3.8, 4) is 0 Å². The molecule has 0 atom stereocenters. The lowest BCUT2D eigenvalue weighted by atomic mass is 9.85. The first-order valence-corrected chi connectivity index (χ1v) is 7.58. The van der Waals surface area contributed by atoms with Gasteiger partial charge < -0.3 is 10.4 Å². The highest BCUT2D eigenvalue weighted by molar-refractivity contribution is 6.31. The summed E-state index contributed by atoms with van der Waals surface area (Å²) < 4.78 is 1.93. The summed E-state index contributed by atoms with van der Waals surface area (Å²) in [4.78, 5) is 0. The Bertz CT molecular complexity index is 425. The minimum absolute atomic E-state index is 0.531. The van der Waals surface area contributed by atoms with Crippen molar-refractivity contribution < 1.29 is 5.11 Å². The van der Waals surface area contributed by atoms with E-state index >= 15 is 0 Å². The molecule has 0 amide bonds. The van der Waals surface area contributed by atoms with E-state index in [1.165, 1.54) is 6.42 Å². The Balaban J connectivity index is 1.92. The first kappa shape index (κ1) is 14.8. The molecule has 1 aliphatic rings. The van der Waals surface area contributed by atoms with Gasteiger partial charge in [-0.15, -0.1) is 0 Å². The molecule has 1 aliphatic carbocycles. The van der Waals surface area contributed by atoms with Crippen LogP contribution >= 0.6 is 11.6 Å². The van der Waals surface area contributed by atoms with Crippen LogP contribution in [0.1, 0.15) is 50.4 Å². The minimum atomic E-state index is -0.531. The van der Waals surface area contributed by atoms with Crippen LogP contribution < -0.4 is 5.32 Å². The van der Waals surface area contributed by atoms with Crippen molar-refractivity contribution in [2.45, 2.75) is 64.6 Å². The number of aromatic nitrogens is 2. The van der Waals surface area contributed by atoms with Crippen molar-refractivity contribution in [1.29, 1.82) is 0 Å². The van der Waals surface area contributed by atoms with E-state index in [9.17, 15) is 5.11 Å². The first-order chi connectivity index (χ1) is 9.06. The topological polar surface area (TPSA) is 50.1 Å². The fourth-order valence-corrected chi connectivity index (χ4v) is 3.04. The molecule has 0 saturated heterocycles. The molecule has 2 rings (SSSR count). The molecule has 0 bridgehead atoms. The molecule has 2 N–H and O–H groups in total. The molecule has 1 aromatic rings. The normalized spacial score (nSPS) is 18.7. The standard InChI is InChI=1S/C14H24ClN3O/c1-3-18-12(13(15)11(2)17-18)9-16-10-14(19)7-5-4-6-8-14/h16,19H,3-10H2,1-2H3. The van der Waals surface area contributed by atoms with E-state index in [2.05, 4.69) is 17.3 Å². The summed E-state index contributed by atoms with van der Waals surface area (Å²) in [6.45, 7) is 6.09. The Morgan fingerprint density at radius 3 is 2.68 bits per heavy atom. The highest BCUT2D eigenvalue weighted by Crippen LogP contribution is 2.27. The molecule has 108 valence electrons. The molecule has 0 radical (unpaired) electrons. The second-order valence-corrected chi connectivity index (χ2v) is 5.93. The van der Waals surface area contributed by atoms with Gasteiger partial charge in [-0.2, -0.15) is 5.10 Å². The van der Waals surface area contributed by atoms with Crippen LogP contribution in [0.25, 0.3) is 0 Å². The van der Waals surface area contributed by atoms with Gasteiger partial charge in [0.1, 0.15) is 0 Å². The van der Waals surface area contributed by atoms with Crippen LogP contribution in [-0.2, 0) is 13.1 Å². The van der Waals surface area contributed by atoms with Crippen LogP contribution in [0.2, 0.25) is 5.02 Å². The molecule has 0 unspecified atom stereocenters. The first-order valence-electron chi connectivity index (χ1n) is 7.20. The Morgan fingerprint density at radius 2 is 2.05 bits per heavy atom. The molecule has 19 heavy (non-hydrogen) atoms. The largest absolute Gasteiger partial charge is 0.389 e. The zero-order chi connectivity index (χ0) is 13.9. The highest BCUT2D eigenvalue weighted by Gasteiger charge is 2.28. The summed E-state index contributed by atoms with van der Waals surface area (Å²) in [5.74, 6) is 0. The van der Waals surface area contributed by atoms with Crippen molar-refractivity contribution in [1.82, 2.24) is 15.1 Å². The smallest absolute Gasteiger partial charge is 0.0860 e. The third-order valence-electron chi connectivity index (χ3n) is 3.98. The van der Waals surface area contributed by atoms with Crippen LogP contribution in [0.4, 0.5) is 0 Å². The molecule has 1 fully saturated rings. The van der Waals surface area contributed by atoms with Gasteiger partial charge in [-0.1, -0.05) is 30.9 Å². The quantitative estimate of drug-likeness (QED) is 0.874. The third kappa shape index (κ3) is 3.50. The van der Waals surface area contributed by atoms with Crippen molar-refractivity contribution in [3.63, 3.8) is 0 Å². The summed E-state index contributed by atoms with van der Waals surface area (Å²) in [6.07, 6.45) is 5.31. The molecule has 0 aromatic carbocycles. The van der Waals surface area contributed by atoms with Crippen molar-refractivity contribution >= 4 is 11.6 Å². The molecule has 1 saturated carbocycles. The zero-order valence-corrected chi connectivity index (χ0v) is 12.6. The van der Waals surface area contributed by atoms with Gasteiger partial charge in [0.05, 0.1) is 22.0 Å². The SMILES string of the molecule is CCn1nc(C)c(Cl)c1CNCC1(O)CCCCC1. The molecule has 5 heteroatoms. The van der Waals surface area contributed by atoms with Gasteiger partial charge >= 0.3 is 0 Å². The summed E-state index contributed by atoms with van der Waals surface area (Å²) in [6, 6.07) is 0. The van der Waals surface area contributed by atoms with Crippen molar-refractivity contribution in [3.05, 3.63) is 16.4 Å². The Morgan fingerprint density at radius 1 is 1.37 bits per heavy atom. The van der Waals surface area contributed by atoms with Gasteiger partial charge in [0, 0.05) is 19.6 Å². The second-order valence-electron chi connectivity index (χ2n) is 5.55. The Kier molecular flexibility index (Phi) is 4.87. The van der Waals surface area contributed by atoms with E-state index in [4.69, 9.17) is 11.6 Å². The number of hydrogen-bond acceptors (Lipinski definition) is 3. The lowest BCUT2D eigenvalue weighted by Crippen LogP contribution is -2.42. The van der Waals surface area contributed by atoms with E-state index in [0.717, 1.165) is 48.6 Å². The summed E-state index contributed by atoms with van der Waals surface area (Å²) in [7, 11) is 0. The third-order valence-corrected chi connectivity index (χ3v) is 4.48. The molecule has 0 aliphatic heterocycles. The number of halogens is 1. The number of nitrogens with one attached hydrogen (secondary N) is 1. The van der Waals surface area contributed by atoms with Gasteiger partial charge in [-0.3, -0.25) is 4.68 Å². The maximum atomic E-state index is 10.4. The average Bonchev–Trinajstić information content (AvgIpc) is 2.67. The van der Waals surface area contributed by atoms with Gasteiger partial charge in [-0.05, 0) is 26.7 Å². The number of aryl methyl sites for hydroxylation is 2. The lowest BCUT2D eigenvalue weighted by Gasteiger charge is -2.32. The van der Waals surface area contributed by atoms with E-state index in [1.54, 1.807) is 0 Å². The van der Waals surface area contributed by atoms with E-state index in [0.29, 0.717) is 13.1 Å². The van der Waals surface area contributed by atoms with Crippen LogP contribution in [-0.4, -0.2) is 27.0 Å². The van der Waals surface area contributed by atoms with Gasteiger partial charge in [0.2, 0.25) is 0 Å². The van der Waals surface area contributed by atoms with Gasteiger partial charge in [-0.25, -0.2) is 0 Å². The van der Waals surface area contributed by atoms with Crippen LogP contribution in [0, 0.1) is 6.92 Å². The number of nitrogens with zero attached hydrogens (tertiary/aromatic N) is 2. The summed E-state index contributed by atoms with van der Waals surface area (Å²) in [5, 5.41) is 18.9. The minimum Gasteiger partial charge on any atom is -0.389 e. The summed E-state index contributed by atoms with van der Waals surface area (Å²) >= 11 is 6.26. The maximum Gasteiger partial charge on any atom is 0.0860 e. The Labute approximate surface area is 120 Å². The number of hydrogen-bond donors (Lipinski definition) is 2. The molecule has 1 aromatic heterocycles. The predicted octanol–water partition coefficient (Wildman–Crippen LogP) is 2.65. The van der Waals surface area contributed by atoms with Crippen LogP contribution in [0.3, 0.4) is 0 Å². The number of rotatable bonds is 5. The van der Waals surface area contributed by atoms with Crippen LogP contribution in [0.5, 0.6) is 0 Å². The molecular weight excluding hydrogens is 262 g/mol. The van der Waals surface area contributed by atoms with E-state index in [1.807, 2.05) is 11.6 Å². The summed E-state index contributed by atoms with van der Waals surface area (Å²) in [5.41, 5.74) is 1.36. The molecule has 4 nitrogen and oxygen atoms in total. The van der Waals surface area contributed by atoms with Gasteiger partial charge in [0.25, 0.3) is 0 Å². The average molecular weight is 286 g/mol. The predicted molar refractivity (Wildman–Crippen MR) is 77.4 cm³/mol. The van der Waals surface area contributed by atoms with Gasteiger partial charge in [0.15, 0.2) is 0 Å². The fourth-order valence-electron chi connectivity index (χ4n) is 2.84. The molecule has 0 spiro atoms. The van der Waals surface area contributed by atoms with E-state index < -0.39 is 5.60 Å². The lowest BCUT2D eigenvalue weighted by molar-refractivity contribution is 0.00455. The van der Waals surface area contributed by atoms with Crippen molar-refractivity contribution in [2.24, 2.45) is 0 Å². The molecular formula is C14H24ClN3O. The maximum absolute atomic E-state index is 10.4. The molecule has 1 heterocycles. The number of aliphatic hydroxyl groups is 1. The van der Waals surface area contributed by atoms with E-state index in [-0.39, 0.29) is 0 Å². The highest BCUT2D eigenvalue weighted by atomic mass is 35.5.